The van der Waals surface area contributed by atoms with Crippen LogP contribution in [0, 0.1) is 5.41 Å². The Labute approximate surface area is 178 Å². The highest BCUT2D eigenvalue weighted by Gasteiger charge is 2.59. The fourth-order valence-corrected chi connectivity index (χ4v) is 3.93. The van der Waals surface area contributed by atoms with Crippen molar-refractivity contribution in [2.45, 2.75) is 77.6 Å². The zero-order valence-corrected chi connectivity index (χ0v) is 17.8. The Hall–Kier alpha value is -1.53. The number of esters is 1. The molecule has 2 fully saturated rings. The van der Waals surface area contributed by atoms with Crippen molar-refractivity contribution in [1.29, 1.82) is 0 Å². The van der Waals surface area contributed by atoms with E-state index in [1.165, 1.54) is 13.8 Å². The zero-order valence-electron chi connectivity index (χ0n) is 21.8. The first-order chi connectivity index (χ1) is 14.9. The molecular formula is C23H34F2N2O2. The van der Waals surface area contributed by atoms with Gasteiger partial charge in [-0.3, -0.25) is 14.6 Å². The molecule has 29 heavy (non-hydrogen) atoms. The van der Waals surface area contributed by atoms with E-state index < -0.39 is 54.4 Å². The first-order valence-electron chi connectivity index (χ1n) is 12.1. The van der Waals surface area contributed by atoms with Crippen LogP contribution < -0.4 is 0 Å². The third kappa shape index (κ3) is 5.15. The summed E-state index contributed by atoms with van der Waals surface area (Å²) in [6.45, 7) is 4.35. The standard InChI is InChI=1S/C23H34F2N2O2/c1-21(2,3)29-20(28)22(4,5)12-14-26-13-11-18-19(26)23(24,25)16-27(18)15-17-9-7-6-8-10-17/h6-10,18-19H,11-16H2,1-5H3/t18-,19+/m0/s1/i12D2,14D2. The number of ether oxygens (including phenoxy) is 1. The maximum atomic E-state index is 15.2. The molecule has 0 saturated carbocycles. The Morgan fingerprint density at radius 1 is 1.21 bits per heavy atom. The Morgan fingerprint density at radius 2 is 1.86 bits per heavy atom. The van der Waals surface area contributed by atoms with Gasteiger partial charge in [-0.2, -0.15) is 0 Å². The second-order valence-corrected chi connectivity index (χ2v) is 9.51. The molecule has 0 unspecified atom stereocenters. The molecule has 6 heteroatoms. The van der Waals surface area contributed by atoms with Gasteiger partial charge < -0.3 is 4.74 Å². The largest absolute Gasteiger partial charge is 0.460 e. The maximum Gasteiger partial charge on any atom is 0.312 e. The monoisotopic (exact) mass is 412 g/mol. The van der Waals surface area contributed by atoms with E-state index in [9.17, 15) is 4.79 Å². The van der Waals surface area contributed by atoms with Gasteiger partial charge in [-0.05, 0) is 59.5 Å². The number of nitrogens with zero attached hydrogens (tertiary/aromatic N) is 2. The number of hydrogen-bond acceptors (Lipinski definition) is 4. The third-order valence-corrected chi connectivity index (χ3v) is 5.33. The summed E-state index contributed by atoms with van der Waals surface area (Å²) in [7, 11) is 0. The van der Waals surface area contributed by atoms with Gasteiger partial charge in [-0.25, -0.2) is 8.78 Å². The number of carbonyl (C=O) groups excluding carboxylic acids is 1. The molecule has 0 aromatic heterocycles. The number of alkyl halides is 2. The fourth-order valence-electron chi connectivity index (χ4n) is 3.93. The molecule has 162 valence electrons. The Balaban J connectivity index is 1.88. The summed E-state index contributed by atoms with van der Waals surface area (Å²) in [5.74, 6) is -4.14. The van der Waals surface area contributed by atoms with Gasteiger partial charge in [-0.1, -0.05) is 30.3 Å². The first-order valence-corrected chi connectivity index (χ1v) is 10.1. The van der Waals surface area contributed by atoms with E-state index in [2.05, 4.69) is 0 Å². The van der Waals surface area contributed by atoms with Crippen molar-refractivity contribution in [3.05, 3.63) is 35.9 Å². The summed E-state index contributed by atoms with van der Waals surface area (Å²) in [5.41, 5.74) is -1.93. The SMILES string of the molecule is [2H]C([2H])(N1CC[C@H]2[C@@H]1C(F)(F)CN2Cc1ccccc1)C([2H])([2H])C(C)(C)C(=O)OC(C)(C)C. The number of halogens is 2. The van der Waals surface area contributed by atoms with Crippen LogP contribution in [0.4, 0.5) is 8.78 Å². The van der Waals surface area contributed by atoms with Gasteiger partial charge in [-0.15, -0.1) is 0 Å². The Morgan fingerprint density at radius 3 is 2.48 bits per heavy atom. The van der Waals surface area contributed by atoms with E-state index in [0.717, 1.165) is 10.5 Å². The molecule has 2 heterocycles. The lowest BCUT2D eigenvalue weighted by molar-refractivity contribution is -0.166. The molecule has 0 bridgehead atoms. The van der Waals surface area contributed by atoms with E-state index >= 15 is 8.78 Å². The van der Waals surface area contributed by atoms with Crippen LogP contribution in [-0.4, -0.2) is 59.0 Å². The Kier molecular flexibility index (Phi) is 4.71. The van der Waals surface area contributed by atoms with Crippen LogP contribution in [-0.2, 0) is 16.1 Å². The van der Waals surface area contributed by atoms with Crippen LogP contribution in [0.1, 0.15) is 58.5 Å². The van der Waals surface area contributed by atoms with Gasteiger partial charge in [0, 0.05) is 24.6 Å². The second kappa shape index (κ2) is 7.95. The van der Waals surface area contributed by atoms with Crippen molar-refractivity contribution in [2.24, 2.45) is 5.41 Å². The minimum absolute atomic E-state index is 0.0346. The van der Waals surface area contributed by atoms with Gasteiger partial charge in [0.25, 0.3) is 5.92 Å². The van der Waals surface area contributed by atoms with Gasteiger partial charge in [0.1, 0.15) is 5.60 Å². The number of likely N-dealkylation sites (tertiary alicyclic amines) is 2. The van der Waals surface area contributed by atoms with Crippen LogP contribution in [0.5, 0.6) is 0 Å². The molecule has 0 spiro atoms. The van der Waals surface area contributed by atoms with E-state index in [4.69, 9.17) is 10.2 Å². The smallest absolute Gasteiger partial charge is 0.312 e. The number of hydrogen-bond donors (Lipinski definition) is 0. The topological polar surface area (TPSA) is 32.8 Å². The first kappa shape index (κ1) is 17.2. The molecule has 1 aromatic rings. The summed E-state index contributed by atoms with van der Waals surface area (Å²) in [4.78, 5) is 15.4. The van der Waals surface area contributed by atoms with Crippen molar-refractivity contribution in [2.75, 3.05) is 19.6 Å². The van der Waals surface area contributed by atoms with E-state index in [-0.39, 0.29) is 13.0 Å². The van der Waals surface area contributed by atoms with Crippen molar-refractivity contribution >= 4 is 5.97 Å². The second-order valence-electron chi connectivity index (χ2n) is 9.51. The van der Waals surface area contributed by atoms with E-state index in [1.807, 2.05) is 30.3 Å². The van der Waals surface area contributed by atoms with Gasteiger partial charge in [0.05, 0.1) is 18.0 Å². The molecule has 4 nitrogen and oxygen atoms in total. The molecule has 0 radical (unpaired) electrons. The number of benzene rings is 1. The Bertz CT molecular complexity index is 875. The number of rotatable bonds is 6. The summed E-state index contributed by atoms with van der Waals surface area (Å²) < 4.78 is 70.4. The zero-order chi connectivity index (χ0) is 25.0. The molecule has 3 rings (SSSR count). The van der Waals surface area contributed by atoms with Gasteiger partial charge in [0.15, 0.2) is 0 Å². The molecule has 2 saturated heterocycles. The average Bonchev–Trinajstić information content (AvgIpc) is 3.22. The minimum atomic E-state index is -3.23. The molecule has 0 aliphatic carbocycles. The predicted octanol–water partition coefficient (Wildman–Crippen LogP) is 4.34. The quantitative estimate of drug-likeness (QED) is 0.651. The maximum absolute atomic E-state index is 15.2. The molecule has 2 atom stereocenters. The molecule has 0 N–H and O–H groups in total. The highest BCUT2D eigenvalue weighted by molar-refractivity contribution is 5.76. The van der Waals surface area contributed by atoms with Crippen LogP contribution in [0.25, 0.3) is 0 Å². The van der Waals surface area contributed by atoms with Crippen molar-refractivity contribution in [1.82, 2.24) is 9.80 Å². The van der Waals surface area contributed by atoms with Crippen molar-refractivity contribution in [3.8, 4) is 0 Å². The highest BCUT2D eigenvalue weighted by Crippen LogP contribution is 2.42. The van der Waals surface area contributed by atoms with E-state index in [1.54, 1.807) is 25.7 Å². The minimum Gasteiger partial charge on any atom is -0.460 e. The van der Waals surface area contributed by atoms with Gasteiger partial charge in [0.2, 0.25) is 0 Å². The lowest BCUT2D eigenvalue weighted by Crippen LogP contribution is -2.46. The number of fused-ring (bicyclic) bond motifs is 1. The van der Waals surface area contributed by atoms with Crippen molar-refractivity contribution < 1.29 is 23.8 Å². The lowest BCUT2D eigenvalue weighted by atomic mass is 9.88. The van der Waals surface area contributed by atoms with E-state index in [0.29, 0.717) is 6.54 Å². The highest BCUT2D eigenvalue weighted by atomic mass is 19.3. The summed E-state index contributed by atoms with van der Waals surface area (Å²) in [6.07, 6.45) is -2.52. The van der Waals surface area contributed by atoms with Crippen LogP contribution in [0.15, 0.2) is 30.3 Å². The summed E-state index contributed by atoms with van der Waals surface area (Å²) in [6, 6.07) is 7.16. The lowest BCUT2D eigenvalue weighted by Gasteiger charge is -2.32. The molecule has 1 aromatic carbocycles. The van der Waals surface area contributed by atoms with Crippen LogP contribution >= 0.6 is 0 Å². The summed E-state index contributed by atoms with van der Waals surface area (Å²) >= 11 is 0. The number of carbonyl (C=O) groups is 1. The normalized spacial score (nSPS) is 28.2. The average molecular weight is 413 g/mol. The van der Waals surface area contributed by atoms with Crippen molar-refractivity contribution in [3.63, 3.8) is 0 Å². The fraction of sp³-hybridized carbons (Fsp3) is 0.696. The molecule has 2 aliphatic heterocycles. The van der Waals surface area contributed by atoms with Crippen LogP contribution in [0.3, 0.4) is 0 Å². The third-order valence-electron chi connectivity index (χ3n) is 5.33. The van der Waals surface area contributed by atoms with Gasteiger partial charge >= 0.3 is 5.97 Å². The molecular weight excluding hydrogens is 374 g/mol. The summed E-state index contributed by atoms with van der Waals surface area (Å²) in [5, 5.41) is 0. The molecule has 2 aliphatic rings. The van der Waals surface area contributed by atoms with Crippen LogP contribution in [0.2, 0.25) is 0 Å². The predicted molar refractivity (Wildman–Crippen MR) is 110 cm³/mol. The molecule has 0 amide bonds.